The Hall–Kier alpha value is -0.710. The molecule has 1 rings (SSSR count). The van der Waals surface area contributed by atoms with Gasteiger partial charge in [-0.3, -0.25) is 0 Å². The summed E-state index contributed by atoms with van der Waals surface area (Å²) in [6.07, 6.45) is 0.537. The summed E-state index contributed by atoms with van der Waals surface area (Å²) < 4.78 is 51.3. The predicted molar refractivity (Wildman–Crippen MR) is 84.3 cm³/mol. The van der Waals surface area contributed by atoms with Gasteiger partial charge in [0, 0.05) is 13.1 Å². The summed E-state index contributed by atoms with van der Waals surface area (Å²) in [4.78, 5) is 0.105. The monoisotopic (exact) mass is 357 g/mol. The molecule has 0 aliphatic carbocycles. The van der Waals surface area contributed by atoms with E-state index in [4.69, 9.17) is 5.73 Å². The van der Waals surface area contributed by atoms with Crippen molar-refractivity contribution in [2.45, 2.75) is 11.3 Å². The first-order valence-electron chi connectivity index (χ1n) is 6.09. The van der Waals surface area contributed by atoms with Gasteiger partial charge >= 0.3 is 0 Å². The van der Waals surface area contributed by atoms with Gasteiger partial charge in [0.15, 0.2) is 0 Å². The van der Waals surface area contributed by atoms with Gasteiger partial charge in [-0.2, -0.15) is 0 Å². The maximum Gasteiger partial charge on any atom is 0.240 e. The van der Waals surface area contributed by atoms with Gasteiger partial charge < -0.3 is 5.73 Å². The Morgan fingerprint density at radius 2 is 1.57 bits per heavy atom. The molecule has 0 spiro atoms. The number of sulfonamides is 2. The van der Waals surface area contributed by atoms with E-state index >= 15 is 0 Å². The highest BCUT2D eigenvalue weighted by molar-refractivity contribution is 7.90. The van der Waals surface area contributed by atoms with Crippen LogP contribution in [0.2, 0.25) is 0 Å². The second kappa shape index (κ2) is 9.34. The lowest BCUT2D eigenvalue weighted by Gasteiger charge is -2.08. The fourth-order valence-electron chi connectivity index (χ4n) is 1.40. The summed E-state index contributed by atoms with van der Waals surface area (Å²) in [6, 6.07) is 7.77. The normalized spacial score (nSPS) is 11.9. The van der Waals surface area contributed by atoms with E-state index in [-0.39, 0.29) is 36.1 Å². The molecule has 122 valence electrons. The van der Waals surface area contributed by atoms with Crippen molar-refractivity contribution >= 4 is 32.5 Å². The van der Waals surface area contributed by atoms with Crippen LogP contribution in [0.1, 0.15) is 6.42 Å². The summed E-state index contributed by atoms with van der Waals surface area (Å²) in [5.41, 5.74) is 5.25. The smallest absolute Gasteiger partial charge is 0.240 e. The van der Waals surface area contributed by atoms with Crippen molar-refractivity contribution in [2.75, 3.05) is 25.4 Å². The molecule has 0 amide bonds. The number of nitrogens with one attached hydrogen (secondary N) is 2. The first kappa shape index (κ1) is 20.3. The maximum atomic E-state index is 11.8. The third-order valence-corrected chi connectivity index (χ3v) is 5.28. The molecule has 10 heteroatoms. The molecule has 4 N–H and O–H groups in total. The molecule has 0 heterocycles. The Morgan fingerprint density at radius 3 is 2.14 bits per heavy atom. The molecular weight excluding hydrogens is 338 g/mol. The van der Waals surface area contributed by atoms with Crippen molar-refractivity contribution < 1.29 is 16.8 Å². The Labute approximate surface area is 131 Å². The average Bonchev–Trinajstić information content (AvgIpc) is 2.39. The largest absolute Gasteiger partial charge is 0.330 e. The van der Waals surface area contributed by atoms with Crippen molar-refractivity contribution in [1.82, 2.24) is 9.44 Å². The second-order valence-electron chi connectivity index (χ2n) is 4.07. The molecule has 0 saturated carbocycles. The number of rotatable bonds is 9. The Balaban J connectivity index is 0.00000400. The van der Waals surface area contributed by atoms with E-state index in [0.29, 0.717) is 13.0 Å². The number of halogens is 1. The molecule has 1 aromatic rings. The van der Waals surface area contributed by atoms with Crippen molar-refractivity contribution in [3.05, 3.63) is 30.3 Å². The molecule has 0 aliphatic rings. The zero-order valence-electron chi connectivity index (χ0n) is 11.4. The van der Waals surface area contributed by atoms with E-state index < -0.39 is 20.0 Å². The SMILES string of the molecule is Cl.NCCCNS(=O)(=O)CCNS(=O)(=O)c1ccccc1. The second-order valence-corrected chi connectivity index (χ2v) is 7.76. The lowest BCUT2D eigenvalue weighted by molar-refractivity contribution is 0.574. The number of nitrogens with two attached hydrogens (primary N) is 1. The molecule has 7 nitrogen and oxygen atoms in total. The quantitative estimate of drug-likeness (QED) is 0.522. The van der Waals surface area contributed by atoms with Crippen LogP contribution in [0.5, 0.6) is 0 Å². The molecule has 0 unspecified atom stereocenters. The van der Waals surface area contributed by atoms with Crippen molar-refractivity contribution in [3.8, 4) is 0 Å². The molecule has 1 aromatic carbocycles. The van der Waals surface area contributed by atoms with Gasteiger partial charge in [0.05, 0.1) is 10.6 Å². The van der Waals surface area contributed by atoms with Crippen LogP contribution in [0.3, 0.4) is 0 Å². The van der Waals surface area contributed by atoms with E-state index in [9.17, 15) is 16.8 Å². The van der Waals surface area contributed by atoms with Crippen molar-refractivity contribution in [1.29, 1.82) is 0 Å². The van der Waals surface area contributed by atoms with Crippen LogP contribution in [0.4, 0.5) is 0 Å². The van der Waals surface area contributed by atoms with Gasteiger partial charge in [-0.25, -0.2) is 26.3 Å². The molecule has 0 atom stereocenters. The van der Waals surface area contributed by atoms with Crippen LogP contribution in [0.25, 0.3) is 0 Å². The van der Waals surface area contributed by atoms with Crippen LogP contribution >= 0.6 is 12.4 Å². The molecule has 0 saturated heterocycles. The first-order chi connectivity index (χ1) is 9.37. The first-order valence-corrected chi connectivity index (χ1v) is 9.23. The number of hydrogen-bond acceptors (Lipinski definition) is 5. The van der Waals surface area contributed by atoms with E-state index in [0.717, 1.165) is 0 Å². The highest BCUT2D eigenvalue weighted by Gasteiger charge is 2.15. The maximum absolute atomic E-state index is 11.8. The van der Waals surface area contributed by atoms with Crippen LogP contribution < -0.4 is 15.2 Å². The standard InChI is InChI=1S/C11H19N3O4S2.ClH/c12-7-4-8-13-19(15,16)10-9-14-20(17,18)11-5-2-1-3-6-11;/h1-3,5-6,13-14H,4,7-10,12H2;1H. The third-order valence-electron chi connectivity index (χ3n) is 2.42. The van der Waals surface area contributed by atoms with E-state index in [1.807, 2.05) is 0 Å². The highest BCUT2D eigenvalue weighted by Crippen LogP contribution is 2.06. The van der Waals surface area contributed by atoms with Crippen LogP contribution in [-0.2, 0) is 20.0 Å². The zero-order valence-corrected chi connectivity index (χ0v) is 13.8. The van der Waals surface area contributed by atoms with Crippen LogP contribution in [0.15, 0.2) is 35.2 Å². The lowest BCUT2D eigenvalue weighted by Crippen LogP contribution is -2.35. The molecule has 21 heavy (non-hydrogen) atoms. The van der Waals surface area contributed by atoms with Crippen LogP contribution in [0, 0.1) is 0 Å². The molecule has 0 bridgehead atoms. The lowest BCUT2D eigenvalue weighted by atomic mass is 10.4. The minimum Gasteiger partial charge on any atom is -0.330 e. The fraction of sp³-hybridized carbons (Fsp3) is 0.455. The zero-order chi connectivity index (χ0) is 15.1. The Morgan fingerprint density at radius 1 is 0.952 bits per heavy atom. The average molecular weight is 358 g/mol. The number of benzene rings is 1. The van der Waals surface area contributed by atoms with Crippen molar-refractivity contribution in [2.24, 2.45) is 5.73 Å². The van der Waals surface area contributed by atoms with Gasteiger partial charge in [0.1, 0.15) is 0 Å². The summed E-state index contributed by atoms with van der Waals surface area (Å²) in [7, 11) is -7.16. The molecule has 0 aromatic heterocycles. The summed E-state index contributed by atoms with van der Waals surface area (Å²) in [5, 5.41) is 0. The Kier molecular flexibility index (Phi) is 9.02. The third kappa shape index (κ3) is 7.74. The molecule has 0 aliphatic heterocycles. The van der Waals surface area contributed by atoms with Gasteiger partial charge in [0.25, 0.3) is 0 Å². The fourth-order valence-corrected chi connectivity index (χ4v) is 3.55. The topological polar surface area (TPSA) is 118 Å². The van der Waals surface area contributed by atoms with Gasteiger partial charge in [-0.15, -0.1) is 12.4 Å². The summed E-state index contributed by atoms with van der Waals surface area (Å²) in [6.45, 7) is 0.461. The molecular formula is C11H20ClN3O4S2. The summed E-state index contributed by atoms with van der Waals surface area (Å²) >= 11 is 0. The van der Waals surface area contributed by atoms with E-state index in [1.54, 1.807) is 18.2 Å². The summed E-state index contributed by atoms with van der Waals surface area (Å²) in [5.74, 6) is -0.316. The van der Waals surface area contributed by atoms with Gasteiger partial charge in [0.2, 0.25) is 20.0 Å². The highest BCUT2D eigenvalue weighted by atomic mass is 35.5. The minimum absolute atomic E-state index is 0. The Bertz CT molecular complexity index is 606. The van der Waals surface area contributed by atoms with E-state index in [2.05, 4.69) is 9.44 Å². The minimum atomic E-state index is -3.67. The van der Waals surface area contributed by atoms with Crippen molar-refractivity contribution in [3.63, 3.8) is 0 Å². The van der Waals surface area contributed by atoms with Gasteiger partial charge in [-0.1, -0.05) is 18.2 Å². The van der Waals surface area contributed by atoms with Crippen LogP contribution in [-0.4, -0.2) is 42.2 Å². The van der Waals surface area contributed by atoms with E-state index in [1.165, 1.54) is 12.1 Å². The molecule has 0 radical (unpaired) electrons. The molecule has 0 fully saturated rings. The number of hydrogen-bond donors (Lipinski definition) is 3. The predicted octanol–water partition coefficient (Wildman–Crippen LogP) is -0.345. The van der Waals surface area contributed by atoms with Gasteiger partial charge in [-0.05, 0) is 25.1 Å².